The number of hydrogen-bond donors (Lipinski definition) is 2. The Morgan fingerprint density at radius 2 is 1.96 bits per heavy atom. The van der Waals surface area contributed by atoms with Crippen molar-refractivity contribution in [2.45, 2.75) is 43.3 Å². The molecular formula is C18H22ClN5O2S. The van der Waals surface area contributed by atoms with E-state index in [9.17, 15) is 9.59 Å². The maximum absolute atomic E-state index is 12.0. The SMILES string of the molecule is Cn1c(SCC(=O)NC(=O)NC2CCCCC2)nnc1-c1ccccc1Cl. The Bertz CT molecular complexity index is 820. The van der Waals surface area contributed by atoms with Gasteiger partial charge in [0.2, 0.25) is 5.91 Å². The molecule has 0 saturated heterocycles. The Labute approximate surface area is 167 Å². The van der Waals surface area contributed by atoms with Crippen LogP contribution in [-0.4, -0.2) is 38.5 Å². The largest absolute Gasteiger partial charge is 0.335 e. The van der Waals surface area contributed by atoms with Crippen molar-refractivity contribution in [1.29, 1.82) is 0 Å². The number of amides is 3. The highest BCUT2D eigenvalue weighted by atomic mass is 35.5. The van der Waals surface area contributed by atoms with Crippen LogP contribution in [0.5, 0.6) is 0 Å². The van der Waals surface area contributed by atoms with Crippen LogP contribution in [0.3, 0.4) is 0 Å². The number of halogens is 1. The Hall–Kier alpha value is -2.06. The minimum atomic E-state index is -0.428. The van der Waals surface area contributed by atoms with Crippen LogP contribution >= 0.6 is 23.4 Å². The van der Waals surface area contributed by atoms with E-state index in [1.165, 1.54) is 18.2 Å². The number of thioether (sulfide) groups is 1. The van der Waals surface area contributed by atoms with E-state index in [4.69, 9.17) is 11.6 Å². The number of hydrogen-bond acceptors (Lipinski definition) is 5. The van der Waals surface area contributed by atoms with E-state index in [1.54, 1.807) is 10.6 Å². The molecule has 1 heterocycles. The number of rotatable bonds is 5. The van der Waals surface area contributed by atoms with Crippen molar-refractivity contribution in [3.8, 4) is 11.4 Å². The van der Waals surface area contributed by atoms with E-state index >= 15 is 0 Å². The van der Waals surface area contributed by atoms with Gasteiger partial charge in [0.05, 0.1) is 10.8 Å². The van der Waals surface area contributed by atoms with Crippen molar-refractivity contribution in [1.82, 2.24) is 25.4 Å². The molecule has 144 valence electrons. The van der Waals surface area contributed by atoms with E-state index in [1.807, 2.05) is 25.2 Å². The van der Waals surface area contributed by atoms with Gasteiger partial charge in [-0.2, -0.15) is 0 Å². The number of benzene rings is 1. The predicted octanol–water partition coefficient (Wildman–Crippen LogP) is 3.39. The standard InChI is InChI=1S/C18H22ClN5O2S/c1-24-16(13-9-5-6-10-14(13)19)22-23-18(24)27-11-15(25)21-17(26)20-12-7-3-2-4-8-12/h5-6,9-10,12H,2-4,7-8,11H2,1H3,(H2,20,21,25,26). The van der Waals surface area contributed by atoms with Gasteiger partial charge in [-0.05, 0) is 25.0 Å². The van der Waals surface area contributed by atoms with Crippen LogP contribution in [0.4, 0.5) is 4.79 Å². The zero-order valence-corrected chi connectivity index (χ0v) is 16.6. The van der Waals surface area contributed by atoms with Gasteiger partial charge in [-0.3, -0.25) is 10.1 Å². The minimum Gasteiger partial charge on any atom is -0.335 e. The molecule has 1 aliphatic carbocycles. The number of carbonyl (C=O) groups excluding carboxylic acids is 2. The highest BCUT2D eigenvalue weighted by Gasteiger charge is 2.18. The molecule has 1 aromatic heterocycles. The van der Waals surface area contributed by atoms with Crippen LogP contribution in [0, 0.1) is 0 Å². The Morgan fingerprint density at radius 1 is 1.22 bits per heavy atom. The summed E-state index contributed by atoms with van der Waals surface area (Å²) in [5.74, 6) is 0.334. The van der Waals surface area contributed by atoms with E-state index in [0.717, 1.165) is 31.2 Å². The molecule has 1 fully saturated rings. The van der Waals surface area contributed by atoms with Crippen LogP contribution in [0.1, 0.15) is 32.1 Å². The molecule has 9 heteroatoms. The first-order valence-corrected chi connectivity index (χ1v) is 10.3. The molecule has 2 N–H and O–H groups in total. The van der Waals surface area contributed by atoms with Crippen molar-refractivity contribution in [3.63, 3.8) is 0 Å². The van der Waals surface area contributed by atoms with Gasteiger partial charge in [-0.25, -0.2) is 4.79 Å². The van der Waals surface area contributed by atoms with Gasteiger partial charge in [0.15, 0.2) is 11.0 Å². The summed E-state index contributed by atoms with van der Waals surface area (Å²) >= 11 is 7.43. The first kappa shape index (κ1) is 19.7. The van der Waals surface area contributed by atoms with Crippen molar-refractivity contribution in [3.05, 3.63) is 29.3 Å². The van der Waals surface area contributed by atoms with Crippen molar-refractivity contribution >= 4 is 35.3 Å². The molecule has 0 spiro atoms. The van der Waals surface area contributed by atoms with Gasteiger partial charge < -0.3 is 9.88 Å². The zero-order valence-electron chi connectivity index (χ0n) is 15.1. The summed E-state index contributed by atoms with van der Waals surface area (Å²) < 4.78 is 1.78. The molecule has 1 aromatic carbocycles. The van der Waals surface area contributed by atoms with Crippen molar-refractivity contribution < 1.29 is 9.59 Å². The molecule has 0 unspecified atom stereocenters. The van der Waals surface area contributed by atoms with Crippen LogP contribution < -0.4 is 10.6 Å². The lowest BCUT2D eigenvalue weighted by atomic mass is 9.96. The van der Waals surface area contributed by atoms with E-state index in [0.29, 0.717) is 16.0 Å². The molecule has 2 aromatic rings. The van der Waals surface area contributed by atoms with Crippen LogP contribution in [-0.2, 0) is 11.8 Å². The maximum atomic E-state index is 12.0. The molecule has 27 heavy (non-hydrogen) atoms. The average molecular weight is 408 g/mol. The molecule has 1 aliphatic rings. The summed E-state index contributed by atoms with van der Waals surface area (Å²) in [4.78, 5) is 24.0. The first-order chi connectivity index (χ1) is 13.0. The molecule has 1 saturated carbocycles. The van der Waals surface area contributed by atoms with Crippen LogP contribution in [0.2, 0.25) is 5.02 Å². The summed E-state index contributed by atoms with van der Waals surface area (Å²) in [5, 5.41) is 14.7. The fourth-order valence-electron chi connectivity index (χ4n) is 3.08. The van der Waals surface area contributed by atoms with Gasteiger partial charge in [-0.1, -0.05) is 54.8 Å². The second-order valence-electron chi connectivity index (χ2n) is 6.49. The summed E-state index contributed by atoms with van der Waals surface area (Å²) in [5.41, 5.74) is 0.775. The number of nitrogens with one attached hydrogen (secondary N) is 2. The topological polar surface area (TPSA) is 88.9 Å². The van der Waals surface area contributed by atoms with Crippen molar-refractivity contribution in [2.24, 2.45) is 7.05 Å². The summed E-state index contributed by atoms with van der Waals surface area (Å²) in [6, 6.07) is 7.11. The van der Waals surface area contributed by atoms with Gasteiger partial charge in [0.1, 0.15) is 0 Å². The molecule has 0 bridgehead atoms. The Balaban J connectivity index is 1.52. The number of carbonyl (C=O) groups is 2. The van der Waals surface area contributed by atoms with Gasteiger partial charge in [0, 0.05) is 18.7 Å². The number of aromatic nitrogens is 3. The molecule has 0 aliphatic heterocycles. The third-order valence-corrected chi connectivity index (χ3v) is 5.83. The second-order valence-corrected chi connectivity index (χ2v) is 7.84. The van der Waals surface area contributed by atoms with Crippen LogP contribution in [0.15, 0.2) is 29.4 Å². The zero-order chi connectivity index (χ0) is 19.2. The van der Waals surface area contributed by atoms with E-state index in [2.05, 4.69) is 20.8 Å². The number of nitrogens with zero attached hydrogens (tertiary/aromatic N) is 3. The fraction of sp³-hybridized carbons (Fsp3) is 0.444. The summed E-state index contributed by atoms with van der Waals surface area (Å²) in [7, 11) is 1.81. The molecule has 0 atom stereocenters. The monoisotopic (exact) mass is 407 g/mol. The second kappa shape index (κ2) is 9.23. The van der Waals surface area contributed by atoms with Gasteiger partial charge in [0.25, 0.3) is 0 Å². The maximum Gasteiger partial charge on any atom is 0.321 e. The van der Waals surface area contributed by atoms with Gasteiger partial charge in [-0.15, -0.1) is 10.2 Å². The van der Waals surface area contributed by atoms with Gasteiger partial charge >= 0.3 is 6.03 Å². The number of urea groups is 1. The first-order valence-electron chi connectivity index (χ1n) is 8.92. The summed E-state index contributed by atoms with van der Waals surface area (Å²) in [6.07, 6.45) is 5.40. The Morgan fingerprint density at radius 3 is 2.70 bits per heavy atom. The van der Waals surface area contributed by atoms with E-state index in [-0.39, 0.29) is 17.7 Å². The lowest BCUT2D eigenvalue weighted by Crippen LogP contribution is -2.45. The normalized spacial score (nSPS) is 14.7. The molecule has 3 rings (SSSR count). The third-order valence-electron chi connectivity index (χ3n) is 4.48. The molecule has 0 radical (unpaired) electrons. The van der Waals surface area contributed by atoms with E-state index < -0.39 is 6.03 Å². The fourth-order valence-corrected chi connectivity index (χ4v) is 4.01. The lowest BCUT2D eigenvalue weighted by Gasteiger charge is -2.22. The predicted molar refractivity (Wildman–Crippen MR) is 106 cm³/mol. The van der Waals surface area contributed by atoms with Crippen LogP contribution in [0.25, 0.3) is 11.4 Å². The molecule has 7 nitrogen and oxygen atoms in total. The minimum absolute atomic E-state index is 0.0760. The highest BCUT2D eigenvalue weighted by molar-refractivity contribution is 7.99. The van der Waals surface area contributed by atoms with Crippen molar-refractivity contribution in [2.75, 3.05) is 5.75 Å². The lowest BCUT2D eigenvalue weighted by molar-refractivity contribution is -0.117. The smallest absolute Gasteiger partial charge is 0.321 e. The molecule has 3 amide bonds. The summed E-state index contributed by atoms with van der Waals surface area (Å²) in [6.45, 7) is 0. The molecular weight excluding hydrogens is 386 g/mol. The average Bonchev–Trinajstić information content (AvgIpc) is 3.01. The number of imide groups is 1. The quantitative estimate of drug-likeness (QED) is 0.741. The third kappa shape index (κ3) is 5.23. The Kier molecular flexibility index (Phi) is 6.73. The highest BCUT2D eigenvalue weighted by Crippen LogP contribution is 2.28.